The number of nitrogens with one attached hydrogen (secondary N) is 2. The van der Waals surface area contributed by atoms with Gasteiger partial charge in [0.1, 0.15) is 0 Å². The van der Waals surface area contributed by atoms with E-state index in [9.17, 15) is 13.6 Å². The van der Waals surface area contributed by atoms with Gasteiger partial charge in [-0.25, -0.2) is 0 Å². The van der Waals surface area contributed by atoms with E-state index in [4.69, 9.17) is 0 Å². The van der Waals surface area contributed by atoms with Crippen LogP contribution in [0.1, 0.15) is 12.0 Å². The summed E-state index contributed by atoms with van der Waals surface area (Å²) < 4.78 is 31.2. The van der Waals surface area contributed by atoms with Crippen LogP contribution in [0.3, 0.4) is 0 Å². The number of halogens is 2. The van der Waals surface area contributed by atoms with Gasteiger partial charge < -0.3 is 0 Å². The van der Waals surface area contributed by atoms with E-state index in [1.54, 1.807) is 24.4 Å². The summed E-state index contributed by atoms with van der Waals surface area (Å²) in [6.45, 7) is -1.28. The number of alkyl halides is 2. The minimum atomic E-state index is -2.94. The second-order valence-electron chi connectivity index (χ2n) is 6.89. The Labute approximate surface area is 190 Å². The Morgan fingerprint density at radius 2 is 2.13 bits per heavy atom. The van der Waals surface area contributed by atoms with Crippen LogP contribution in [0, 0.1) is 26.7 Å². The van der Waals surface area contributed by atoms with Gasteiger partial charge in [-0.2, -0.15) is 0 Å². The van der Waals surface area contributed by atoms with Crippen LogP contribution >= 0.6 is 0 Å². The molecule has 0 spiro atoms. The summed E-state index contributed by atoms with van der Waals surface area (Å²) in [6.07, 6.45) is 2.51. The molecule has 2 aliphatic rings. The standard InChI is InChI=1S/C19H19F2N7O2.U/c20-19(21)30-16-5-2-1-4-14(16)10-18(29)22-12-24-25-13-28-9-7-15(11-28)26-17-6-3-8-23-27-17;/h1-6,8,15,19H,7,9-11H2,(H,22,29)(H,26,27);/t15-;/m1./s1. The average Bonchev–Trinajstić information content (AvgIpc) is 3.39. The second-order valence-corrected chi connectivity index (χ2v) is 11.8. The average molecular weight is 653 g/mol. The summed E-state index contributed by atoms with van der Waals surface area (Å²) in [5.74, 6) is 0.423. The maximum absolute atomic E-state index is 12.5. The number of hydrogen-bond donors (Lipinski definition) is 2. The van der Waals surface area contributed by atoms with E-state index in [1.807, 2.05) is 12.1 Å². The Morgan fingerprint density at radius 1 is 1.26 bits per heavy atom. The summed E-state index contributed by atoms with van der Waals surface area (Å²) in [4.78, 5) is 14.6. The Kier molecular flexibility index (Phi) is 7.22. The molecule has 1 aromatic heterocycles. The summed E-state index contributed by atoms with van der Waals surface area (Å²) in [7, 11) is 0. The molecule has 1 saturated heterocycles. The molecule has 1 fully saturated rings. The summed E-state index contributed by atoms with van der Waals surface area (Å²) in [5.41, 5.74) is 0.396. The van der Waals surface area contributed by atoms with Crippen molar-refractivity contribution in [1.82, 2.24) is 20.4 Å². The molecule has 31 heavy (non-hydrogen) atoms. The number of benzene rings is 1. The van der Waals surface area contributed by atoms with E-state index in [2.05, 4.69) is 40.7 Å². The van der Waals surface area contributed by atoms with Crippen LogP contribution in [0.25, 0.3) is 0 Å². The molecule has 1 aromatic carbocycles. The van der Waals surface area contributed by atoms with Crippen LogP contribution in [0.5, 0.6) is 5.75 Å². The maximum atomic E-state index is 12.5. The van der Waals surface area contributed by atoms with Crippen molar-refractivity contribution in [3.8, 4) is 5.75 Å². The zero-order valence-electron chi connectivity index (χ0n) is 16.3. The quantitative estimate of drug-likeness (QED) is 0.450. The molecule has 0 bridgehead atoms. The van der Waals surface area contributed by atoms with Crippen LogP contribution in [0.4, 0.5) is 14.6 Å². The number of carbonyl (C=O) groups excluding carboxylic acids is 1. The summed E-state index contributed by atoms with van der Waals surface area (Å²) >= 11 is -1.75. The number of hydrogen-bond acceptors (Lipinski definition) is 8. The van der Waals surface area contributed by atoms with Gasteiger partial charge in [0.05, 0.1) is 0 Å². The van der Waals surface area contributed by atoms with Gasteiger partial charge in [0, 0.05) is 0 Å². The normalized spacial score (nSPS) is 18.1. The number of azo groups is 1. The van der Waals surface area contributed by atoms with Gasteiger partial charge >= 0.3 is 191 Å². The predicted molar refractivity (Wildman–Crippen MR) is 105 cm³/mol. The number of anilines is 1. The van der Waals surface area contributed by atoms with E-state index in [0.29, 0.717) is 8.34 Å². The van der Waals surface area contributed by atoms with Gasteiger partial charge in [0.2, 0.25) is 0 Å². The van der Waals surface area contributed by atoms with Crippen molar-refractivity contribution in [2.75, 3.05) is 18.4 Å². The van der Waals surface area contributed by atoms with Crippen molar-refractivity contribution >= 4 is 17.3 Å². The number of rotatable bonds is 8. The number of amides is 1. The third-order valence-corrected chi connectivity index (χ3v) is 9.27. The van der Waals surface area contributed by atoms with Crippen LogP contribution < -0.4 is 15.4 Å². The first-order valence-electron chi connectivity index (χ1n) is 9.61. The molecule has 1 amide bonds. The van der Waals surface area contributed by atoms with E-state index < -0.39 is 33.3 Å². The van der Waals surface area contributed by atoms with Gasteiger partial charge in [-0.1, -0.05) is 0 Å². The molecule has 12 heteroatoms. The molecule has 2 N–H and O–H groups in total. The fraction of sp³-hybridized carbons (Fsp3) is 0.316. The van der Waals surface area contributed by atoms with Crippen molar-refractivity contribution in [1.29, 1.82) is 0 Å². The first-order valence-corrected chi connectivity index (χ1v) is 13.8. The molecule has 160 valence electrons. The number of likely N-dealkylation sites (tertiary alicyclic amines) is 1. The van der Waals surface area contributed by atoms with Gasteiger partial charge in [0.25, 0.3) is 0 Å². The van der Waals surface area contributed by atoms with Crippen molar-refractivity contribution in [2.24, 2.45) is 10.2 Å². The van der Waals surface area contributed by atoms with E-state index in [-0.39, 0.29) is 24.1 Å². The van der Waals surface area contributed by atoms with Crippen molar-refractivity contribution in [2.45, 2.75) is 25.5 Å². The van der Waals surface area contributed by atoms with Crippen LogP contribution in [-0.2, 0) is 11.2 Å². The molecule has 4 rings (SSSR count). The molecule has 0 aliphatic carbocycles. The molecule has 9 nitrogen and oxygen atoms in total. The SMILES string of the molecule is O=C(Cc1ccccc1OC(F)F)N[C]1=[U]=[C](N2CC[C@@H](Nc3cccnn3)C2)N=N1. The van der Waals surface area contributed by atoms with E-state index in [1.165, 1.54) is 6.07 Å². The molecular formula is C19H19F2N7O2U. The molecule has 0 unspecified atom stereocenters. The van der Waals surface area contributed by atoms with E-state index in [0.717, 1.165) is 28.1 Å². The van der Waals surface area contributed by atoms with Gasteiger partial charge in [-0.3, -0.25) is 0 Å². The van der Waals surface area contributed by atoms with E-state index >= 15 is 0 Å². The minimum absolute atomic E-state index is 0.0000986. The number of aromatic nitrogens is 2. The molecule has 2 aliphatic heterocycles. The molecule has 3 heterocycles. The first-order chi connectivity index (χ1) is 15.1. The molecular weight excluding hydrogens is 634 g/mol. The Balaban J connectivity index is 1.35. The summed E-state index contributed by atoms with van der Waals surface area (Å²) in [5, 5.41) is 22.5. The Morgan fingerprint density at radius 3 is 2.94 bits per heavy atom. The zero-order chi connectivity index (χ0) is 21.6. The molecule has 0 radical (unpaired) electrons. The van der Waals surface area contributed by atoms with Crippen molar-refractivity contribution < 1.29 is 45.0 Å². The predicted octanol–water partition coefficient (Wildman–Crippen LogP) is 1.65. The van der Waals surface area contributed by atoms with Crippen molar-refractivity contribution in [3.05, 3.63) is 48.2 Å². The van der Waals surface area contributed by atoms with Crippen LogP contribution in [-0.4, -0.2) is 52.3 Å². The number of ether oxygens (including phenoxy) is 1. The summed E-state index contributed by atoms with van der Waals surface area (Å²) in [6, 6.07) is 10.2. The second kappa shape index (κ2) is 10.3. The monoisotopic (exact) mass is 653 g/mol. The first kappa shape index (κ1) is 21.8. The molecule has 1 atom stereocenters. The number of nitrogens with zero attached hydrogens (tertiary/aromatic N) is 5. The van der Waals surface area contributed by atoms with Crippen LogP contribution in [0.2, 0.25) is 0 Å². The number of para-hydroxylation sites is 1. The topological polar surface area (TPSA) is 104 Å². The molecule has 2 aromatic rings. The van der Waals surface area contributed by atoms with Gasteiger partial charge in [0.15, 0.2) is 0 Å². The fourth-order valence-electron chi connectivity index (χ4n) is 3.32. The Bertz CT molecular complexity index is 1040. The molecule has 0 saturated carbocycles. The van der Waals surface area contributed by atoms with Crippen molar-refractivity contribution in [3.63, 3.8) is 0 Å². The fourth-order valence-corrected chi connectivity index (χ4v) is 7.38. The zero-order valence-corrected chi connectivity index (χ0v) is 20.5. The third kappa shape index (κ3) is 6.06. The van der Waals surface area contributed by atoms with Gasteiger partial charge in [-0.15, -0.1) is 0 Å². The van der Waals surface area contributed by atoms with Gasteiger partial charge in [-0.05, 0) is 0 Å². The number of carbonyl (C=O) groups is 1. The van der Waals surface area contributed by atoms with Crippen LogP contribution in [0.15, 0.2) is 52.8 Å². The Hall–Kier alpha value is -2.42. The third-order valence-electron chi connectivity index (χ3n) is 4.68.